The maximum atomic E-state index is 11.3. The van der Waals surface area contributed by atoms with Gasteiger partial charge in [-0.3, -0.25) is 0 Å². The van der Waals surface area contributed by atoms with Crippen LogP contribution >= 0.6 is 0 Å². The molecule has 88 valence electrons. The van der Waals surface area contributed by atoms with E-state index in [1.54, 1.807) is 0 Å². The molecule has 1 aromatic rings. The quantitative estimate of drug-likeness (QED) is 0.434. The van der Waals surface area contributed by atoms with Gasteiger partial charge in [0.25, 0.3) is 0 Å². The van der Waals surface area contributed by atoms with Crippen LogP contribution in [0.5, 0.6) is 0 Å². The molecule has 1 rings (SSSR count). The van der Waals surface area contributed by atoms with Gasteiger partial charge < -0.3 is 0 Å². The molecule has 0 aliphatic heterocycles. The molecule has 2 nitrogen and oxygen atoms in total. The van der Waals surface area contributed by atoms with Gasteiger partial charge >= 0.3 is 108 Å². The van der Waals surface area contributed by atoms with Crippen LogP contribution in [0.25, 0.3) is 0 Å². The zero-order chi connectivity index (χ0) is 11.6. The fourth-order valence-corrected chi connectivity index (χ4v) is 3.61. The SMILES string of the molecule is CCCCOC(=O)CC[Te]c1ccccc1. The molecular weight excluding hydrogens is 316 g/mol. The van der Waals surface area contributed by atoms with Gasteiger partial charge in [0.05, 0.1) is 0 Å². The van der Waals surface area contributed by atoms with Gasteiger partial charge in [0.1, 0.15) is 0 Å². The summed E-state index contributed by atoms with van der Waals surface area (Å²) in [7, 11) is 0. The number of ether oxygens (including phenoxy) is 1. The summed E-state index contributed by atoms with van der Waals surface area (Å²) in [4.78, 5) is 11.3. The second-order valence-corrected chi connectivity index (χ2v) is 6.82. The fraction of sp³-hybridized carbons (Fsp3) is 0.462. The van der Waals surface area contributed by atoms with Crippen LogP contribution in [-0.4, -0.2) is 33.5 Å². The third-order valence-corrected chi connectivity index (χ3v) is 4.97. The van der Waals surface area contributed by atoms with Crippen LogP contribution in [0.1, 0.15) is 26.2 Å². The van der Waals surface area contributed by atoms with Crippen LogP contribution in [0, 0.1) is 0 Å². The first-order valence-electron chi connectivity index (χ1n) is 5.66. The van der Waals surface area contributed by atoms with E-state index in [9.17, 15) is 4.79 Å². The third-order valence-electron chi connectivity index (χ3n) is 2.08. The molecule has 0 spiro atoms. The summed E-state index contributed by atoms with van der Waals surface area (Å²) in [5.41, 5.74) is 0. The number of carbonyl (C=O) groups excluding carboxylic acids is 1. The van der Waals surface area contributed by atoms with E-state index in [2.05, 4.69) is 31.2 Å². The van der Waals surface area contributed by atoms with Gasteiger partial charge in [-0.25, -0.2) is 0 Å². The first kappa shape index (κ1) is 13.5. The second-order valence-electron chi connectivity index (χ2n) is 3.49. The monoisotopic (exact) mass is 336 g/mol. The molecule has 0 bridgehead atoms. The molecule has 0 N–H and O–H groups in total. The zero-order valence-electron chi connectivity index (χ0n) is 9.65. The Hall–Kier alpha value is -0.520. The van der Waals surface area contributed by atoms with Gasteiger partial charge in [0.2, 0.25) is 0 Å². The first-order valence-corrected chi connectivity index (χ1v) is 8.47. The normalized spacial score (nSPS) is 10.1. The van der Waals surface area contributed by atoms with Crippen LogP contribution in [0.2, 0.25) is 4.47 Å². The number of hydrogen-bond acceptors (Lipinski definition) is 2. The molecule has 0 aliphatic rings. The Balaban J connectivity index is 2.09. The summed E-state index contributed by atoms with van der Waals surface area (Å²) >= 11 is -0.205. The topological polar surface area (TPSA) is 26.3 Å². The zero-order valence-corrected chi connectivity index (χ0v) is 12.0. The van der Waals surface area contributed by atoms with Crippen molar-refractivity contribution in [2.75, 3.05) is 6.61 Å². The van der Waals surface area contributed by atoms with E-state index in [-0.39, 0.29) is 26.9 Å². The van der Waals surface area contributed by atoms with Crippen molar-refractivity contribution in [2.24, 2.45) is 0 Å². The van der Waals surface area contributed by atoms with Gasteiger partial charge in [0.15, 0.2) is 0 Å². The minimum atomic E-state index is -0.205. The molecule has 0 aromatic heterocycles. The Morgan fingerprint density at radius 3 is 2.75 bits per heavy atom. The molecule has 0 saturated carbocycles. The standard InChI is InChI=1S/C13H18O2Te/c1-2-3-10-15-13(14)9-11-16-12-7-5-4-6-8-12/h4-8H,2-3,9-11H2,1H3. The van der Waals surface area contributed by atoms with E-state index < -0.39 is 0 Å². The van der Waals surface area contributed by atoms with Crippen LogP contribution in [0.15, 0.2) is 30.3 Å². The molecule has 0 heterocycles. The van der Waals surface area contributed by atoms with Crippen LogP contribution in [0.4, 0.5) is 0 Å². The van der Waals surface area contributed by atoms with Gasteiger partial charge in [-0.2, -0.15) is 0 Å². The Morgan fingerprint density at radius 2 is 2.06 bits per heavy atom. The number of benzene rings is 1. The average Bonchev–Trinajstić information content (AvgIpc) is 2.31. The summed E-state index contributed by atoms with van der Waals surface area (Å²) in [6, 6.07) is 10.4. The summed E-state index contributed by atoms with van der Waals surface area (Å²) in [6.45, 7) is 2.68. The van der Waals surface area contributed by atoms with Crippen molar-refractivity contribution < 1.29 is 9.53 Å². The van der Waals surface area contributed by atoms with Gasteiger partial charge in [-0.15, -0.1) is 0 Å². The number of hydrogen-bond donors (Lipinski definition) is 0. The Labute approximate surface area is 107 Å². The Bertz CT molecular complexity index is 298. The molecule has 16 heavy (non-hydrogen) atoms. The molecule has 0 atom stereocenters. The van der Waals surface area contributed by atoms with E-state index in [1.807, 2.05) is 6.07 Å². The summed E-state index contributed by atoms with van der Waals surface area (Å²) in [5.74, 6) is -0.0329. The minimum absolute atomic E-state index is 0.0329. The molecule has 3 heteroatoms. The van der Waals surface area contributed by atoms with Crippen molar-refractivity contribution in [1.82, 2.24) is 0 Å². The summed E-state index contributed by atoms with van der Waals surface area (Å²) in [5, 5.41) is 0. The van der Waals surface area contributed by atoms with E-state index in [1.165, 1.54) is 3.61 Å². The number of rotatable bonds is 7. The molecule has 0 aliphatic carbocycles. The van der Waals surface area contributed by atoms with E-state index >= 15 is 0 Å². The molecule has 0 radical (unpaired) electrons. The van der Waals surface area contributed by atoms with Crippen LogP contribution in [0.3, 0.4) is 0 Å². The van der Waals surface area contributed by atoms with E-state index in [0.717, 1.165) is 17.3 Å². The molecule has 0 fully saturated rings. The van der Waals surface area contributed by atoms with Crippen molar-refractivity contribution in [2.45, 2.75) is 30.7 Å². The first-order chi connectivity index (χ1) is 7.83. The summed E-state index contributed by atoms with van der Waals surface area (Å²) in [6.07, 6.45) is 2.63. The van der Waals surface area contributed by atoms with Crippen molar-refractivity contribution in [3.05, 3.63) is 30.3 Å². The van der Waals surface area contributed by atoms with Gasteiger partial charge in [0, 0.05) is 0 Å². The predicted molar refractivity (Wildman–Crippen MR) is 67.1 cm³/mol. The fourth-order valence-electron chi connectivity index (χ4n) is 1.17. The molecular formula is C13H18O2Te. The van der Waals surface area contributed by atoms with E-state index in [0.29, 0.717) is 13.0 Å². The average molecular weight is 334 g/mol. The molecule has 0 unspecified atom stereocenters. The number of esters is 1. The summed E-state index contributed by atoms with van der Waals surface area (Å²) < 4.78 is 7.51. The van der Waals surface area contributed by atoms with Crippen molar-refractivity contribution in [3.8, 4) is 0 Å². The van der Waals surface area contributed by atoms with Crippen molar-refractivity contribution in [1.29, 1.82) is 0 Å². The molecule has 0 saturated heterocycles. The van der Waals surface area contributed by atoms with Crippen LogP contribution in [-0.2, 0) is 9.53 Å². The van der Waals surface area contributed by atoms with Crippen molar-refractivity contribution in [3.63, 3.8) is 0 Å². The maximum absolute atomic E-state index is 11.3. The van der Waals surface area contributed by atoms with Crippen molar-refractivity contribution >= 4 is 30.5 Å². The van der Waals surface area contributed by atoms with Crippen LogP contribution < -0.4 is 3.61 Å². The number of unbranched alkanes of at least 4 members (excludes halogenated alkanes) is 1. The Kier molecular flexibility index (Phi) is 7.29. The molecule has 0 amide bonds. The van der Waals surface area contributed by atoms with Gasteiger partial charge in [-0.1, -0.05) is 0 Å². The Morgan fingerprint density at radius 1 is 1.31 bits per heavy atom. The second kappa shape index (κ2) is 8.61. The predicted octanol–water partition coefficient (Wildman–Crippen LogP) is 2.17. The van der Waals surface area contributed by atoms with Gasteiger partial charge in [-0.05, 0) is 0 Å². The third kappa shape index (κ3) is 6.15. The molecule has 1 aromatic carbocycles. The van der Waals surface area contributed by atoms with E-state index in [4.69, 9.17) is 4.74 Å². The number of carbonyl (C=O) groups is 1.